The van der Waals surface area contributed by atoms with Crippen LogP contribution in [0.1, 0.15) is 22.3 Å². The van der Waals surface area contributed by atoms with E-state index in [4.69, 9.17) is 4.98 Å². The molecule has 0 saturated heterocycles. The van der Waals surface area contributed by atoms with Crippen molar-refractivity contribution in [2.75, 3.05) is 0 Å². The molecule has 4 aromatic rings. The molecule has 0 bridgehead atoms. The van der Waals surface area contributed by atoms with Gasteiger partial charge >= 0.3 is 0 Å². The van der Waals surface area contributed by atoms with Gasteiger partial charge in [-0.3, -0.25) is 9.97 Å². The largest absolute Gasteiger partial charge is 0.254 e. The zero-order valence-electron chi connectivity index (χ0n) is 14.2. The van der Waals surface area contributed by atoms with Crippen LogP contribution in [-0.2, 0) is 12.8 Å². The van der Waals surface area contributed by atoms with Gasteiger partial charge in [-0.2, -0.15) is 0 Å². The molecule has 0 spiro atoms. The minimum Gasteiger partial charge on any atom is -0.254 e. The third-order valence-electron chi connectivity index (χ3n) is 5.59. The van der Waals surface area contributed by atoms with E-state index in [1.165, 1.54) is 44.5 Å². The highest BCUT2D eigenvalue weighted by molar-refractivity contribution is 5.81. The van der Waals surface area contributed by atoms with Crippen LogP contribution in [0.25, 0.3) is 33.6 Å². The molecule has 0 N–H and O–H groups in total. The highest BCUT2D eigenvalue weighted by Crippen LogP contribution is 2.39. The number of aromatic nitrogens is 2. The Kier molecular flexibility index (Phi) is 2.75. The number of nitrogens with zero attached hydrogens (tertiary/aromatic N) is 2. The Labute approximate surface area is 152 Å². The average Bonchev–Trinajstić information content (AvgIpc) is 3.24. The lowest BCUT2D eigenvalue weighted by Crippen LogP contribution is -1.89. The zero-order valence-corrected chi connectivity index (χ0v) is 14.2. The molecule has 6 rings (SSSR count). The summed E-state index contributed by atoms with van der Waals surface area (Å²) in [7, 11) is 0. The molecule has 0 amide bonds. The molecule has 2 heteroatoms. The van der Waals surface area contributed by atoms with Crippen molar-refractivity contribution in [3.05, 3.63) is 95.3 Å². The summed E-state index contributed by atoms with van der Waals surface area (Å²) in [6.45, 7) is 0. The number of benzene rings is 2. The molecule has 2 nitrogen and oxygen atoms in total. The van der Waals surface area contributed by atoms with Crippen LogP contribution in [0.5, 0.6) is 0 Å². The quantitative estimate of drug-likeness (QED) is 0.409. The van der Waals surface area contributed by atoms with Gasteiger partial charge in [0.25, 0.3) is 0 Å². The van der Waals surface area contributed by atoms with Gasteiger partial charge < -0.3 is 0 Å². The molecular weight excluding hydrogens is 316 g/mol. The first-order valence-electron chi connectivity index (χ1n) is 9.01. The highest BCUT2D eigenvalue weighted by Gasteiger charge is 2.22. The first-order valence-corrected chi connectivity index (χ1v) is 9.01. The van der Waals surface area contributed by atoms with Gasteiger partial charge in [-0.1, -0.05) is 48.5 Å². The fourth-order valence-electron chi connectivity index (χ4n) is 4.34. The Morgan fingerprint density at radius 2 is 1.35 bits per heavy atom. The van der Waals surface area contributed by atoms with Crippen LogP contribution in [0.2, 0.25) is 0 Å². The van der Waals surface area contributed by atoms with Gasteiger partial charge in [0, 0.05) is 24.4 Å². The molecule has 2 aromatic carbocycles. The number of rotatable bonds is 1. The van der Waals surface area contributed by atoms with Crippen LogP contribution in [0.3, 0.4) is 0 Å². The molecular formula is C24H16N2. The standard InChI is InChI=1S/C24H16N2/c1-2-6-21-16(4-1)11-18-10-15(7-8-22(18)21)20-13-19-12-17-5-3-9-25-23(17)24(19)26-14-20/h1-10,13-14H,11-12H2. The van der Waals surface area contributed by atoms with Crippen molar-refractivity contribution < 1.29 is 0 Å². The number of fused-ring (bicyclic) bond motifs is 6. The van der Waals surface area contributed by atoms with Crippen molar-refractivity contribution in [1.29, 1.82) is 0 Å². The third-order valence-corrected chi connectivity index (χ3v) is 5.59. The molecule has 2 heterocycles. The average molecular weight is 332 g/mol. The summed E-state index contributed by atoms with van der Waals surface area (Å²) in [4.78, 5) is 9.26. The van der Waals surface area contributed by atoms with Gasteiger partial charge in [-0.05, 0) is 57.5 Å². The zero-order chi connectivity index (χ0) is 17.1. The van der Waals surface area contributed by atoms with E-state index in [0.717, 1.165) is 24.2 Å². The second-order valence-electron chi connectivity index (χ2n) is 7.13. The Morgan fingerprint density at radius 1 is 0.577 bits per heavy atom. The fraction of sp³-hybridized carbons (Fsp3) is 0.0833. The molecule has 26 heavy (non-hydrogen) atoms. The Morgan fingerprint density at radius 3 is 2.35 bits per heavy atom. The number of pyridine rings is 2. The highest BCUT2D eigenvalue weighted by atomic mass is 14.8. The van der Waals surface area contributed by atoms with Gasteiger partial charge in [0.15, 0.2) is 0 Å². The van der Waals surface area contributed by atoms with Gasteiger partial charge in [0.1, 0.15) is 0 Å². The van der Waals surface area contributed by atoms with E-state index in [2.05, 4.69) is 59.6 Å². The fourth-order valence-corrected chi connectivity index (χ4v) is 4.34. The van der Waals surface area contributed by atoms with Gasteiger partial charge in [-0.15, -0.1) is 0 Å². The molecule has 0 atom stereocenters. The molecule has 122 valence electrons. The van der Waals surface area contributed by atoms with Crippen molar-refractivity contribution in [2.45, 2.75) is 12.8 Å². The predicted molar refractivity (Wildman–Crippen MR) is 104 cm³/mol. The molecule has 0 aliphatic heterocycles. The molecule has 2 aromatic heterocycles. The van der Waals surface area contributed by atoms with Crippen molar-refractivity contribution >= 4 is 0 Å². The Bertz CT molecular complexity index is 1100. The summed E-state index contributed by atoms with van der Waals surface area (Å²) in [6.07, 6.45) is 5.79. The smallest absolute Gasteiger partial charge is 0.0924 e. The first-order chi connectivity index (χ1) is 12.9. The van der Waals surface area contributed by atoms with E-state index in [-0.39, 0.29) is 0 Å². The molecule has 0 saturated carbocycles. The maximum absolute atomic E-state index is 4.75. The maximum atomic E-state index is 4.75. The van der Waals surface area contributed by atoms with E-state index in [1.54, 1.807) is 0 Å². The lowest BCUT2D eigenvalue weighted by molar-refractivity contribution is 1.22. The molecule has 0 radical (unpaired) electrons. The summed E-state index contributed by atoms with van der Waals surface area (Å²) in [6, 6.07) is 22.0. The van der Waals surface area contributed by atoms with Crippen LogP contribution >= 0.6 is 0 Å². The third kappa shape index (κ3) is 1.93. The lowest BCUT2D eigenvalue weighted by atomic mass is 9.99. The van der Waals surface area contributed by atoms with E-state index in [9.17, 15) is 0 Å². The van der Waals surface area contributed by atoms with Gasteiger partial charge in [-0.25, -0.2) is 0 Å². The second-order valence-corrected chi connectivity index (χ2v) is 7.13. The van der Waals surface area contributed by atoms with Crippen molar-refractivity contribution in [1.82, 2.24) is 9.97 Å². The predicted octanol–water partition coefficient (Wildman–Crippen LogP) is 5.29. The van der Waals surface area contributed by atoms with Gasteiger partial charge in [0.05, 0.1) is 11.4 Å². The normalized spacial score (nSPS) is 13.1. The SMILES string of the molecule is c1ccc2c(c1)Cc1cc(-c3cnc4c(c3)Cc3cccnc3-4)ccc1-2. The Hall–Kier alpha value is -3.26. The topological polar surface area (TPSA) is 25.8 Å². The van der Waals surface area contributed by atoms with E-state index in [1.807, 2.05) is 18.5 Å². The van der Waals surface area contributed by atoms with Crippen LogP contribution < -0.4 is 0 Å². The second kappa shape index (κ2) is 5.12. The van der Waals surface area contributed by atoms with Crippen molar-refractivity contribution in [3.8, 4) is 33.6 Å². The van der Waals surface area contributed by atoms with E-state index >= 15 is 0 Å². The summed E-state index contributed by atoms with van der Waals surface area (Å²) in [5, 5.41) is 0. The number of hydrogen-bond donors (Lipinski definition) is 0. The van der Waals surface area contributed by atoms with Gasteiger partial charge in [0.2, 0.25) is 0 Å². The first kappa shape index (κ1) is 14.0. The monoisotopic (exact) mass is 332 g/mol. The Balaban J connectivity index is 1.42. The molecule has 2 aliphatic rings. The summed E-state index contributed by atoms with van der Waals surface area (Å²) >= 11 is 0. The van der Waals surface area contributed by atoms with Crippen molar-refractivity contribution in [3.63, 3.8) is 0 Å². The molecule has 2 aliphatic carbocycles. The molecule has 0 unspecified atom stereocenters. The van der Waals surface area contributed by atoms with Crippen LogP contribution in [0.15, 0.2) is 73.1 Å². The minimum atomic E-state index is 0.926. The summed E-state index contributed by atoms with van der Waals surface area (Å²) in [5.74, 6) is 0. The molecule has 0 fully saturated rings. The maximum Gasteiger partial charge on any atom is 0.0924 e. The van der Waals surface area contributed by atoms with Crippen LogP contribution in [0.4, 0.5) is 0 Å². The van der Waals surface area contributed by atoms with Crippen LogP contribution in [0, 0.1) is 0 Å². The summed E-state index contributed by atoms with van der Waals surface area (Å²) < 4.78 is 0. The van der Waals surface area contributed by atoms with Crippen LogP contribution in [-0.4, -0.2) is 9.97 Å². The summed E-state index contributed by atoms with van der Waals surface area (Å²) in [5.41, 5.74) is 12.7. The number of hydrogen-bond acceptors (Lipinski definition) is 2. The van der Waals surface area contributed by atoms with Crippen molar-refractivity contribution in [2.24, 2.45) is 0 Å². The van der Waals surface area contributed by atoms with E-state index < -0.39 is 0 Å². The van der Waals surface area contributed by atoms with E-state index in [0.29, 0.717) is 0 Å². The lowest BCUT2D eigenvalue weighted by Gasteiger charge is -2.07. The minimum absolute atomic E-state index is 0.926.